The van der Waals surface area contributed by atoms with Gasteiger partial charge in [-0.2, -0.15) is 0 Å². The molecular formula is C78H73NS. The van der Waals surface area contributed by atoms with Crippen molar-refractivity contribution in [3.8, 4) is 44.5 Å². The summed E-state index contributed by atoms with van der Waals surface area (Å²) in [6, 6.07) is 82.1. The summed E-state index contributed by atoms with van der Waals surface area (Å²) in [7, 11) is 0. The molecule has 80 heavy (non-hydrogen) atoms. The van der Waals surface area contributed by atoms with Crippen LogP contribution in [0.5, 0.6) is 0 Å². The van der Waals surface area contributed by atoms with E-state index >= 15 is 0 Å². The first-order valence-electron chi connectivity index (χ1n) is 28.9. The molecule has 396 valence electrons. The van der Waals surface area contributed by atoms with Gasteiger partial charge in [0.05, 0.1) is 17.1 Å². The van der Waals surface area contributed by atoms with Crippen LogP contribution >= 0.6 is 11.3 Å². The van der Waals surface area contributed by atoms with Crippen LogP contribution in [0.25, 0.3) is 64.7 Å². The summed E-state index contributed by atoms with van der Waals surface area (Å²) in [5.41, 5.74) is 26.8. The lowest BCUT2D eigenvalue weighted by Crippen LogP contribution is -2.31. The van der Waals surface area contributed by atoms with Gasteiger partial charge in [-0.15, -0.1) is 11.3 Å². The Morgan fingerprint density at radius 3 is 1.50 bits per heavy atom. The zero-order valence-corrected chi connectivity index (χ0v) is 49.5. The molecule has 0 radical (unpaired) electrons. The summed E-state index contributed by atoms with van der Waals surface area (Å²) in [5, 5.41) is 2.59. The average molecular weight is 1060 g/mol. The molecule has 0 bridgehead atoms. The zero-order valence-electron chi connectivity index (χ0n) is 48.7. The van der Waals surface area contributed by atoms with Crippen LogP contribution in [0.1, 0.15) is 151 Å². The van der Waals surface area contributed by atoms with Crippen molar-refractivity contribution >= 4 is 48.6 Å². The van der Waals surface area contributed by atoms with Crippen molar-refractivity contribution in [1.82, 2.24) is 0 Å². The summed E-state index contributed by atoms with van der Waals surface area (Å²) >= 11 is 1.93. The molecule has 2 aliphatic rings. The lowest BCUT2D eigenvalue weighted by Gasteiger charge is -2.46. The summed E-state index contributed by atoms with van der Waals surface area (Å²) in [6.45, 7) is 28.4. The van der Waals surface area contributed by atoms with Crippen LogP contribution in [0.3, 0.4) is 0 Å². The van der Waals surface area contributed by atoms with E-state index in [4.69, 9.17) is 0 Å². The van der Waals surface area contributed by atoms with Crippen LogP contribution in [0, 0.1) is 0 Å². The van der Waals surface area contributed by atoms with Gasteiger partial charge in [0, 0.05) is 43.1 Å². The van der Waals surface area contributed by atoms with E-state index in [-0.39, 0.29) is 33.5 Å². The Morgan fingerprint density at radius 2 is 0.863 bits per heavy atom. The second-order valence-corrected chi connectivity index (χ2v) is 28.0. The Hall–Kier alpha value is -7.78. The normalized spacial score (nSPS) is 15.2. The van der Waals surface area contributed by atoms with Crippen LogP contribution in [0.4, 0.5) is 17.1 Å². The van der Waals surface area contributed by atoms with E-state index in [0.29, 0.717) is 0 Å². The van der Waals surface area contributed by atoms with Gasteiger partial charge in [0.15, 0.2) is 0 Å². The lowest BCUT2D eigenvalue weighted by atomic mass is 9.63. The van der Waals surface area contributed by atoms with Gasteiger partial charge in [0.2, 0.25) is 0 Å². The standard InChI is InChI=1S/C78H73NS/c1-75(2,3)53-37-39-61-66(45-53)79(73-62(49-28-18-14-19-29-49)47-64-58-33-24-25-35-68(58)80-74(64)69(73)50-30-20-15-21-31-50)67-46-56(78(10,11)12)44-65-70(59-34-23-22-32-57(59)48-26-16-13-17-27-48)60-38-36-51(42-63(60)71(61)72(65)67)52-40-54(76(4,5)6)43-55(41-52)77(7,8)9/h13-47,70-71H,1-12H3. The predicted molar refractivity (Wildman–Crippen MR) is 345 cm³/mol. The molecule has 0 spiro atoms. The first-order chi connectivity index (χ1) is 38.2. The van der Waals surface area contributed by atoms with Gasteiger partial charge in [-0.1, -0.05) is 265 Å². The highest BCUT2D eigenvalue weighted by Gasteiger charge is 2.45. The molecule has 0 amide bonds. The van der Waals surface area contributed by atoms with Crippen molar-refractivity contribution in [3.05, 3.63) is 268 Å². The molecular weight excluding hydrogens is 983 g/mol. The molecule has 2 atom stereocenters. The van der Waals surface area contributed by atoms with Gasteiger partial charge >= 0.3 is 0 Å². The largest absolute Gasteiger partial charge is 0.309 e. The highest BCUT2D eigenvalue weighted by Crippen LogP contribution is 2.63. The minimum Gasteiger partial charge on any atom is -0.309 e. The van der Waals surface area contributed by atoms with E-state index in [1.807, 2.05) is 11.3 Å². The van der Waals surface area contributed by atoms with Crippen LogP contribution in [-0.4, -0.2) is 0 Å². The number of rotatable bonds is 6. The quantitative estimate of drug-likeness (QED) is 0.160. The maximum atomic E-state index is 2.76. The molecule has 0 fully saturated rings. The molecule has 11 aromatic rings. The van der Waals surface area contributed by atoms with E-state index in [9.17, 15) is 0 Å². The molecule has 0 saturated carbocycles. The SMILES string of the molecule is CC(C)(C)c1cc(-c2ccc3c(c2)C2c4ccc(C(C)(C)C)cc4N(c4c(-c5ccccc5)cc5c(sc6ccccc65)c4-c4ccccc4)c4cc(C(C)(C)C)cc(c42)C3c2ccccc2-c2ccccc2)cc(C(C)(C)C)c1. The van der Waals surface area contributed by atoms with Gasteiger partial charge in [-0.25, -0.2) is 0 Å². The molecule has 2 unspecified atom stereocenters. The summed E-state index contributed by atoms with van der Waals surface area (Å²) in [5.74, 6) is -0.135. The number of anilines is 3. The van der Waals surface area contributed by atoms with Crippen LogP contribution in [0.15, 0.2) is 212 Å². The van der Waals surface area contributed by atoms with E-state index in [0.717, 1.165) is 0 Å². The number of thiophene rings is 1. The van der Waals surface area contributed by atoms with Crippen molar-refractivity contribution in [2.45, 2.75) is 117 Å². The average Bonchev–Trinajstić information content (AvgIpc) is 3.51. The van der Waals surface area contributed by atoms with E-state index < -0.39 is 0 Å². The fourth-order valence-corrected chi connectivity index (χ4v) is 14.2. The molecule has 1 aromatic heterocycles. The van der Waals surface area contributed by atoms with Gasteiger partial charge in [0.25, 0.3) is 0 Å². The third-order valence-electron chi connectivity index (χ3n) is 17.4. The van der Waals surface area contributed by atoms with Gasteiger partial charge in [0.1, 0.15) is 0 Å². The number of benzene rings is 10. The molecule has 1 aliphatic carbocycles. The molecule has 2 heterocycles. The molecule has 0 N–H and O–H groups in total. The number of fused-ring (bicyclic) bond motifs is 7. The predicted octanol–water partition coefficient (Wildman–Crippen LogP) is 22.4. The molecule has 2 heteroatoms. The van der Waals surface area contributed by atoms with Gasteiger partial charge in [-0.05, 0) is 141 Å². The Morgan fingerprint density at radius 1 is 0.325 bits per heavy atom. The van der Waals surface area contributed by atoms with Crippen molar-refractivity contribution < 1.29 is 0 Å². The minimum absolute atomic E-state index is 0.0261. The summed E-state index contributed by atoms with van der Waals surface area (Å²) in [4.78, 5) is 2.76. The van der Waals surface area contributed by atoms with Gasteiger partial charge in [-0.3, -0.25) is 0 Å². The molecule has 0 saturated heterocycles. The third kappa shape index (κ3) is 8.74. The van der Waals surface area contributed by atoms with Crippen molar-refractivity contribution in [2.75, 3.05) is 4.90 Å². The van der Waals surface area contributed by atoms with Crippen LogP contribution in [0.2, 0.25) is 0 Å². The van der Waals surface area contributed by atoms with Crippen molar-refractivity contribution in [2.24, 2.45) is 0 Å². The van der Waals surface area contributed by atoms with E-state index in [1.54, 1.807) is 0 Å². The van der Waals surface area contributed by atoms with Crippen molar-refractivity contribution in [3.63, 3.8) is 0 Å². The van der Waals surface area contributed by atoms with E-state index in [1.165, 1.54) is 137 Å². The fraction of sp³-hybridized carbons (Fsp3) is 0.231. The first kappa shape index (κ1) is 51.6. The number of nitrogens with zero attached hydrogens (tertiary/aromatic N) is 1. The summed E-state index contributed by atoms with van der Waals surface area (Å²) < 4.78 is 2.60. The Balaban J connectivity index is 1.21. The third-order valence-corrected chi connectivity index (χ3v) is 18.6. The summed E-state index contributed by atoms with van der Waals surface area (Å²) in [6.07, 6.45) is 0. The Bertz CT molecular complexity index is 4170. The Kier molecular flexibility index (Phi) is 12.2. The molecule has 10 aromatic carbocycles. The number of hydrogen-bond donors (Lipinski definition) is 0. The highest BCUT2D eigenvalue weighted by atomic mass is 32.1. The Labute approximate surface area is 479 Å². The van der Waals surface area contributed by atoms with E-state index in [2.05, 4.69) is 300 Å². The zero-order chi connectivity index (χ0) is 55.6. The molecule has 1 aliphatic heterocycles. The molecule has 13 rings (SSSR count). The first-order valence-corrected chi connectivity index (χ1v) is 29.7. The van der Waals surface area contributed by atoms with Crippen molar-refractivity contribution in [1.29, 1.82) is 0 Å². The smallest absolute Gasteiger partial charge is 0.0633 e. The topological polar surface area (TPSA) is 3.24 Å². The minimum atomic E-state index is -0.184. The van der Waals surface area contributed by atoms with Crippen LogP contribution < -0.4 is 4.90 Å². The fourth-order valence-electron chi connectivity index (χ4n) is 13.0. The monoisotopic (exact) mass is 1060 g/mol. The second kappa shape index (κ2) is 18.9. The second-order valence-electron chi connectivity index (χ2n) is 26.9. The van der Waals surface area contributed by atoms with Gasteiger partial charge < -0.3 is 4.90 Å². The number of hydrogen-bond acceptors (Lipinski definition) is 2. The highest BCUT2D eigenvalue weighted by molar-refractivity contribution is 7.26. The molecule has 1 nitrogen and oxygen atoms in total. The van der Waals surface area contributed by atoms with Crippen LogP contribution in [-0.2, 0) is 21.7 Å². The maximum Gasteiger partial charge on any atom is 0.0633 e. The lowest BCUT2D eigenvalue weighted by molar-refractivity contribution is 0.569. The maximum absolute atomic E-state index is 2.76.